The number of aliphatic hydroxyl groups is 1. The number of nitrogens with one attached hydrogen (secondary N) is 1. The molecule has 0 saturated heterocycles. The SMILES string of the molecule is C[C@H](NCC(O)c1ccccc1F)c1cccs1. The fraction of sp³-hybridized carbons (Fsp3) is 0.286. The van der Waals surface area contributed by atoms with Gasteiger partial charge >= 0.3 is 0 Å². The molecule has 0 bridgehead atoms. The van der Waals surface area contributed by atoms with E-state index in [1.54, 1.807) is 29.5 Å². The van der Waals surface area contributed by atoms with Crippen molar-refractivity contribution >= 4 is 11.3 Å². The first-order valence-corrected chi connectivity index (χ1v) is 6.75. The first-order chi connectivity index (χ1) is 8.68. The van der Waals surface area contributed by atoms with Crippen LogP contribution in [0.1, 0.15) is 29.5 Å². The molecular weight excluding hydrogens is 249 g/mol. The maximum atomic E-state index is 13.5. The number of halogens is 1. The Morgan fingerprint density at radius 2 is 2.06 bits per heavy atom. The summed E-state index contributed by atoms with van der Waals surface area (Å²) in [5.41, 5.74) is 0.336. The topological polar surface area (TPSA) is 32.3 Å². The van der Waals surface area contributed by atoms with Crippen LogP contribution in [0.4, 0.5) is 4.39 Å². The van der Waals surface area contributed by atoms with Gasteiger partial charge in [-0.3, -0.25) is 0 Å². The molecule has 0 amide bonds. The van der Waals surface area contributed by atoms with Gasteiger partial charge in [0.05, 0.1) is 6.10 Å². The molecule has 2 aromatic rings. The zero-order valence-corrected chi connectivity index (χ0v) is 11.0. The zero-order valence-electron chi connectivity index (χ0n) is 10.1. The monoisotopic (exact) mass is 265 g/mol. The lowest BCUT2D eigenvalue weighted by Crippen LogP contribution is -2.24. The smallest absolute Gasteiger partial charge is 0.129 e. The second kappa shape index (κ2) is 6.09. The predicted octanol–water partition coefficient (Wildman–Crippen LogP) is 3.27. The first kappa shape index (κ1) is 13.2. The van der Waals surface area contributed by atoms with Crippen LogP contribution in [0.25, 0.3) is 0 Å². The van der Waals surface area contributed by atoms with Crippen LogP contribution in [-0.4, -0.2) is 11.7 Å². The molecule has 1 aromatic heterocycles. The van der Waals surface area contributed by atoms with E-state index in [1.807, 2.05) is 24.4 Å². The number of benzene rings is 1. The van der Waals surface area contributed by atoms with Gasteiger partial charge in [0.25, 0.3) is 0 Å². The lowest BCUT2D eigenvalue weighted by atomic mass is 10.1. The Kier molecular flexibility index (Phi) is 4.47. The van der Waals surface area contributed by atoms with E-state index in [1.165, 1.54) is 10.9 Å². The van der Waals surface area contributed by atoms with E-state index >= 15 is 0 Å². The van der Waals surface area contributed by atoms with Gasteiger partial charge in [0.15, 0.2) is 0 Å². The van der Waals surface area contributed by atoms with Gasteiger partial charge in [-0.15, -0.1) is 11.3 Å². The largest absolute Gasteiger partial charge is 0.387 e. The van der Waals surface area contributed by atoms with Crippen LogP contribution in [-0.2, 0) is 0 Å². The lowest BCUT2D eigenvalue weighted by Gasteiger charge is -2.16. The van der Waals surface area contributed by atoms with Crippen molar-refractivity contribution in [3.63, 3.8) is 0 Å². The summed E-state index contributed by atoms with van der Waals surface area (Å²) in [4.78, 5) is 1.20. The van der Waals surface area contributed by atoms with Gasteiger partial charge in [-0.1, -0.05) is 24.3 Å². The summed E-state index contributed by atoms with van der Waals surface area (Å²) in [6, 6.07) is 10.5. The molecule has 0 aliphatic rings. The lowest BCUT2D eigenvalue weighted by molar-refractivity contribution is 0.166. The van der Waals surface area contributed by atoms with E-state index < -0.39 is 6.10 Å². The highest BCUT2D eigenvalue weighted by atomic mass is 32.1. The quantitative estimate of drug-likeness (QED) is 0.869. The molecule has 0 spiro atoms. The van der Waals surface area contributed by atoms with Crippen LogP contribution in [0.2, 0.25) is 0 Å². The summed E-state index contributed by atoms with van der Waals surface area (Å²) < 4.78 is 13.5. The Morgan fingerprint density at radius 1 is 1.28 bits per heavy atom. The second-order valence-electron chi connectivity index (χ2n) is 4.18. The third-order valence-electron chi connectivity index (χ3n) is 2.85. The average Bonchev–Trinajstić information content (AvgIpc) is 2.90. The van der Waals surface area contributed by atoms with Gasteiger partial charge in [-0.05, 0) is 24.4 Å². The number of hydrogen-bond acceptors (Lipinski definition) is 3. The standard InChI is InChI=1S/C14H16FNOS/c1-10(14-7-4-8-18-14)16-9-13(17)11-5-2-3-6-12(11)15/h2-8,10,13,16-17H,9H2,1H3/t10-,13?/m0/s1. The minimum Gasteiger partial charge on any atom is -0.387 e. The third-order valence-corrected chi connectivity index (χ3v) is 3.91. The molecule has 2 N–H and O–H groups in total. The van der Waals surface area contributed by atoms with Crippen molar-refractivity contribution in [3.05, 3.63) is 58.0 Å². The highest BCUT2D eigenvalue weighted by Crippen LogP contribution is 2.20. The van der Waals surface area contributed by atoms with Crippen molar-refractivity contribution in [3.8, 4) is 0 Å². The van der Waals surface area contributed by atoms with Gasteiger partial charge < -0.3 is 10.4 Å². The summed E-state index contributed by atoms with van der Waals surface area (Å²) in [6.45, 7) is 2.36. The number of aliphatic hydroxyl groups excluding tert-OH is 1. The van der Waals surface area contributed by atoms with Crippen molar-refractivity contribution in [2.45, 2.75) is 19.1 Å². The molecule has 2 rings (SSSR count). The first-order valence-electron chi connectivity index (χ1n) is 5.87. The van der Waals surface area contributed by atoms with E-state index in [0.29, 0.717) is 12.1 Å². The van der Waals surface area contributed by atoms with Crippen LogP contribution in [0.5, 0.6) is 0 Å². The molecule has 0 saturated carbocycles. The molecule has 2 nitrogen and oxygen atoms in total. The molecule has 0 aliphatic carbocycles. The average molecular weight is 265 g/mol. The predicted molar refractivity (Wildman–Crippen MR) is 72.1 cm³/mol. The zero-order chi connectivity index (χ0) is 13.0. The maximum Gasteiger partial charge on any atom is 0.129 e. The molecule has 0 radical (unpaired) electrons. The molecule has 1 aromatic carbocycles. The van der Waals surface area contributed by atoms with Gasteiger partial charge in [0, 0.05) is 23.0 Å². The summed E-state index contributed by atoms with van der Waals surface area (Å²) in [5.74, 6) is -0.365. The highest BCUT2D eigenvalue weighted by Gasteiger charge is 2.13. The number of thiophene rings is 1. The fourth-order valence-electron chi connectivity index (χ4n) is 1.78. The summed E-state index contributed by atoms with van der Waals surface area (Å²) in [7, 11) is 0. The van der Waals surface area contributed by atoms with E-state index in [0.717, 1.165) is 0 Å². The summed E-state index contributed by atoms with van der Waals surface area (Å²) in [6.07, 6.45) is -0.825. The molecule has 1 heterocycles. The van der Waals surface area contributed by atoms with Crippen LogP contribution >= 0.6 is 11.3 Å². The van der Waals surface area contributed by atoms with Crippen molar-refractivity contribution in [2.75, 3.05) is 6.54 Å². The highest BCUT2D eigenvalue weighted by molar-refractivity contribution is 7.10. The number of hydrogen-bond donors (Lipinski definition) is 2. The van der Waals surface area contributed by atoms with Gasteiger partial charge in [-0.25, -0.2) is 4.39 Å². The van der Waals surface area contributed by atoms with E-state index in [9.17, 15) is 9.50 Å². The van der Waals surface area contributed by atoms with Gasteiger partial charge in [0.1, 0.15) is 5.82 Å². The van der Waals surface area contributed by atoms with Gasteiger partial charge in [-0.2, -0.15) is 0 Å². The molecule has 96 valence electrons. The van der Waals surface area contributed by atoms with E-state index in [-0.39, 0.29) is 11.9 Å². The number of rotatable bonds is 5. The van der Waals surface area contributed by atoms with E-state index in [4.69, 9.17) is 0 Å². The Labute approximate surface area is 110 Å². The Hall–Kier alpha value is -1.23. The molecule has 1 unspecified atom stereocenters. The van der Waals surface area contributed by atoms with Crippen molar-refractivity contribution in [1.82, 2.24) is 5.32 Å². The summed E-state index contributed by atoms with van der Waals surface area (Å²) >= 11 is 1.66. The fourth-order valence-corrected chi connectivity index (χ4v) is 2.54. The van der Waals surface area contributed by atoms with Gasteiger partial charge in [0.2, 0.25) is 0 Å². The minimum absolute atomic E-state index is 0.159. The van der Waals surface area contributed by atoms with Crippen molar-refractivity contribution in [2.24, 2.45) is 0 Å². The minimum atomic E-state index is -0.825. The summed E-state index contributed by atoms with van der Waals surface area (Å²) in [5, 5.41) is 15.2. The molecule has 4 heteroatoms. The van der Waals surface area contributed by atoms with Crippen LogP contribution in [0.15, 0.2) is 41.8 Å². The Morgan fingerprint density at radius 3 is 2.72 bits per heavy atom. The van der Waals surface area contributed by atoms with Crippen LogP contribution in [0, 0.1) is 5.82 Å². The van der Waals surface area contributed by atoms with Crippen molar-refractivity contribution < 1.29 is 9.50 Å². The van der Waals surface area contributed by atoms with Crippen molar-refractivity contribution in [1.29, 1.82) is 0 Å². The molecule has 0 aliphatic heterocycles. The maximum absolute atomic E-state index is 13.5. The molecule has 0 fully saturated rings. The van der Waals surface area contributed by atoms with E-state index in [2.05, 4.69) is 5.32 Å². The van der Waals surface area contributed by atoms with Crippen LogP contribution in [0.3, 0.4) is 0 Å². The third kappa shape index (κ3) is 3.16. The Balaban J connectivity index is 1.93. The molecule has 2 atom stereocenters. The molecule has 18 heavy (non-hydrogen) atoms. The van der Waals surface area contributed by atoms with Crippen LogP contribution < -0.4 is 5.32 Å². The molecular formula is C14H16FNOS. The normalized spacial score (nSPS) is 14.4. The Bertz CT molecular complexity index is 486. The second-order valence-corrected chi connectivity index (χ2v) is 5.16.